The number of nitrogens with zero attached hydrogens (tertiary/aromatic N) is 3. The highest BCUT2D eigenvalue weighted by molar-refractivity contribution is 5.36. The summed E-state index contributed by atoms with van der Waals surface area (Å²) in [6, 6.07) is 2.12. The number of ether oxygens (including phenoxy) is 1. The molecule has 0 unspecified atom stereocenters. The van der Waals surface area contributed by atoms with Gasteiger partial charge in [-0.15, -0.1) is 0 Å². The number of hydrogen-bond donors (Lipinski definition) is 0. The molecule has 0 amide bonds. The molecule has 0 atom stereocenters. The molecule has 1 aromatic heterocycles. The van der Waals surface area contributed by atoms with Crippen molar-refractivity contribution < 1.29 is 4.74 Å². The lowest BCUT2D eigenvalue weighted by Crippen LogP contribution is -2.13. The molecule has 4 heteroatoms. The van der Waals surface area contributed by atoms with Crippen molar-refractivity contribution in [2.45, 2.75) is 26.5 Å². The third kappa shape index (κ3) is 1.21. The molecule has 68 valence electrons. The van der Waals surface area contributed by atoms with Gasteiger partial charge in [-0.2, -0.15) is 10.4 Å². The van der Waals surface area contributed by atoms with Crippen molar-refractivity contribution in [3.8, 4) is 6.07 Å². The molecule has 0 N–H and O–H groups in total. The van der Waals surface area contributed by atoms with Crippen LogP contribution in [-0.2, 0) is 24.3 Å². The summed E-state index contributed by atoms with van der Waals surface area (Å²) in [6.45, 7) is 4.12. The van der Waals surface area contributed by atoms with Crippen LogP contribution in [0.3, 0.4) is 0 Å². The Kier molecular flexibility index (Phi) is 2.03. The number of fused-ring (bicyclic) bond motifs is 1. The van der Waals surface area contributed by atoms with Gasteiger partial charge in [0, 0.05) is 18.5 Å². The summed E-state index contributed by atoms with van der Waals surface area (Å²) in [5.74, 6) is 0. The average molecular weight is 177 g/mol. The van der Waals surface area contributed by atoms with Gasteiger partial charge in [-0.25, -0.2) is 0 Å². The first-order valence-corrected chi connectivity index (χ1v) is 4.43. The van der Waals surface area contributed by atoms with E-state index in [0.29, 0.717) is 18.9 Å². The van der Waals surface area contributed by atoms with E-state index in [4.69, 9.17) is 10.00 Å². The molecule has 1 aromatic rings. The predicted octanol–water partition coefficient (Wildman–Crippen LogP) is 0.847. The number of nitriles is 1. The van der Waals surface area contributed by atoms with Crippen LogP contribution in [0.5, 0.6) is 0 Å². The van der Waals surface area contributed by atoms with Crippen LogP contribution in [0.1, 0.15) is 23.9 Å². The van der Waals surface area contributed by atoms with Crippen LogP contribution < -0.4 is 0 Å². The summed E-state index contributed by atoms with van der Waals surface area (Å²) in [6.07, 6.45) is 0.818. The first-order chi connectivity index (χ1) is 6.36. The minimum absolute atomic E-state index is 0.570. The average Bonchev–Trinajstić information content (AvgIpc) is 2.56. The second-order valence-corrected chi connectivity index (χ2v) is 3.00. The lowest BCUT2D eigenvalue weighted by Gasteiger charge is -2.13. The van der Waals surface area contributed by atoms with Crippen LogP contribution in [-0.4, -0.2) is 16.4 Å². The van der Waals surface area contributed by atoms with Crippen molar-refractivity contribution in [2.24, 2.45) is 0 Å². The standard InChI is InChI=1S/C9H11N3O/c1-2-12-9-6-13-4-3-7(9)8(5-10)11-12/h2-4,6H2,1H3. The minimum Gasteiger partial charge on any atom is -0.375 e. The van der Waals surface area contributed by atoms with Crippen LogP contribution in [0.15, 0.2) is 0 Å². The summed E-state index contributed by atoms with van der Waals surface area (Å²) in [4.78, 5) is 0. The molecule has 0 saturated heterocycles. The third-order valence-electron chi connectivity index (χ3n) is 2.31. The van der Waals surface area contributed by atoms with Gasteiger partial charge in [0.15, 0.2) is 5.69 Å². The number of aryl methyl sites for hydroxylation is 1. The molecule has 0 bridgehead atoms. The Bertz CT molecular complexity index is 362. The minimum atomic E-state index is 0.570. The van der Waals surface area contributed by atoms with Gasteiger partial charge in [-0.3, -0.25) is 4.68 Å². The summed E-state index contributed by atoms with van der Waals surface area (Å²) < 4.78 is 7.18. The Labute approximate surface area is 76.7 Å². The summed E-state index contributed by atoms with van der Waals surface area (Å²) in [5.41, 5.74) is 2.72. The smallest absolute Gasteiger partial charge is 0.166 e. The number of aromatic nitrogens is 2. The maximum Gasteiger partial charge on any atom is 0.166 e. The molecule has 0 aliphatic carbocycles. The second kappa shape index (κ2) is 3.19. The van der Waals surface area contributed by atoms with Crippen LogP contribution in [0, 0.1) is 11.3 Å². The Balaban J connectivity index is 2.52. The largest absolute Gasteiger partial charge is 0.375 e. The van der Waals surface area contributed by atoms with Crippen molar-refractivity contribution in [3.05, 3.63) is 17.0 Å². The lowest BCUT2D eigenvalue weighted by atomic mass is 10.1. The van der Waals surface area contributed by atoms with Gasteiger partial charge in [-0.1, -0.05) is 0 Å². The van der Waals surface area contributed by atoms with E-state index in [-0.39, 0.29) is 0 Å². The highest BCUT2D eigenvalue weighted by Crippen LogP contribution is 2.19. The van der Waals surface area contributed by atoms with Gasteiger partial charge in [-0.05, 0) is 6.92 Å². The quantitative estimate of drug-likeness (QED) is 0.639. The molecule has 13 heavy (non-hydrogen) atoms. The van der Waals surface area contributed by atoms with Gasteiger partial charge >= 0.3 is 0 Å². The first-order valence-electron chi connectivity index (χ1n) is 4.43. The molecular formula is C9H11N3O. The van der Waals surface area contributed by atoms with Crippen molar-refractivity contribution in [3.63, 3.8) is 0 Å². The molecule has 2 rings (SSSR count). The maximum atomic E-state index is 8.84. The fraction of sp³-hybridized carbons (Fsp3) is 0.556. The molecule has 1 aliphatic heterocycles. The SMILES string of the molecule is CCn1nc(C#N)c2c1COCC2. The van der Waals surface area contributed by atoms with E-state index >= 15 is 0 Å². The van der Waals surface area contributed by atoms with Crippen molar-refractivity contribution >= 4 is 0 Å². The fourth-order valence-corrected chi connectivity index (χ4v) is 1.65. The molecule has 0 fully saturated rings. The summed E-state index contributed by atoms with van der Waals surface area (Å²) in [5, 5.41) is 13.0. The highest BCUT2D eigenvalue weighted by atomic mass is 16.5. The lowest BCUT2D eigenvalue weighted by molar-refractivity contribution is 0.104. The third-order valence-corrected chi connectivity index (χ3v) is 2.31. The topological polar surface area (TPSA) is 50.8 Å². The Morgan fingerprint density at radius 1 is 1.69 bits per heavy atom. The van der Waals surface area contributed by atoms with Gasteiger partial charge < -0.3 is 4.74 Å². The number of hydrogen-bond acceptors (Lipinski definition) is 3. The zero-order valence-corrected chi connectivity index (χ0v) is 7.58. The summed E-state index contributed by atoms with van der Waals surface area (Å²) >= 11 is 0. The summed E-state index contributed by atoms with van der Waals surface area (Å²) in [7, 11) is 0. The van der Waals surface area contributed by atoms with E-state index in [1.165, 1.54) is 0 Å². The van der Waals surface area contributed by atoms with E-state index in [1.807, 2.05) is 11.6 Å². The molecule has 0 spiro atoms. The fourth-order valence-electron chi connectivity index (χ4n) is 1.65. The molecule has 4 nitrogen and oxygen atoms in total. The maximum absolute atomic E-state index is 8.84. The van der Waals surface area contributed by atoms with Crippen molar-refractivity contribution in [2.75, 3.05) is 6.61 Å². The Morgan fingerprint density at radius 3 is 3.23 bits per heavy atom. The van der Waals surface area contributed by atoms with Crippen molar-refractivity contribution in [1.29, 1.82) is 5.26 Å². The van der Waals surface area contributed by atoms with Crippen LogP contribution in [0.4, 0.5) is 0 Å². The normalized spacial score (nSPS) is 15.1. The van der Waals surface area contributed by atoms with Crippen LogP contribution in [0.25, 0.3) is 0 Å². The van der Waals surface area contributed by atoms with E-state index in [0.717, 1.165) is 24.2 Å². The van der Waals surface area contributed by atoms with Gasteiger partial charge in [0.25, 0.3) is 0 Å². The van der Waals surface area contributed by atoms with Crippen LogP contribution in [0.2, 0.25) is 0 Å². The molecule has 2 heterocycles. The van der Waals surface area contributed by atoms with E-state index in [9.17, 15) is 0 Å². The highest BCUT2D eigenvalue weighted by Gasteiger charge is 2.19. The molecule has 0 aromatic carbocycles. The van der Waals surface area contributed by atoms with Gasteiger partial charge in [0.05, 0.1) is 18.9 Å². The zero-order valence-electron chi connectivity index (χ0n) is 7.58. The van der Waals surface area contributed by atoms with Crippen molar-refractivity contribution in [1.82, 2.24) is 9.78 Å². The Hall–Kier alpha value is -1.34. The van der Waals surface area contributed by atoms with Gasteiger partial charge in [0.2, 0.25) is 0 Å². The van der Waals surface area contributed by atoms with E-state index in [2.05, 4.69) is 11.2 Å². The Morgan fingerprint density at radius 2 is 2.54 bits per heavy atom. The first kappa shape index (κ1) is 8.27. The van der Waals surface area contributed by atoms with Crippen LogP contribution >= 0.6 is 0 Å². The molecule has 0 saturated carbocycles. The van der Waals surface area contributed by atoms with E-state index < -0.39 is 0 Å². The van der Waals surface area contributed by atoms with E-state index in [1.54, 1.807) is 0 Å². The zero-order chi connectivity index (χ0) is 9.26. The molecular weight excluding hydrogens is 166 g/mol. The number of rotatable bonds is 1. The van der Waals surface area contributed by atoms with Gasteiger partial charge in [0.1, 0.15) is 6.07 Å². The monoisotopic (exact) mass is 177 g/mol. The second-order valence-electron chi connectivity index (χ2n) is 3.00. The molecule has 1 aliphatic rings. The molecule has 0 radical (unpaired) electrons. The predicted molar refractivity (Wildman–Crippen MR) is 46.0 cm³/mol.